The number of sulfonamides is 1. The molecule has 0 unspecified atom stereocenters. The van der Waals surface area contributed by atoms with Gasteiger partial charge in [-0.25, -0.2) is 27.3 Å². The molecule has 0 aliphatic carbocycles. The highest BCUT2D eigenvalue weighted by Crippen LogP contribution is 2.35. The summed E-state index contributed by atoms with van der Waals surface area (Å²) in [5.74, 6) is 0. The van der Waals surface area contributed by atoms with Crippen LogP contribution < -0.4 is 5.14 Å². The topological polar surface area (TPSA) is 73.1 Å². The molecule has 1 heterocycles. The molecule has 0 atom stereocenters. The van der Waals surface area contributed by atoms with Gasteiger partial charge in [0.25, 0.3) is 16.4 Å². The number of hydrogen-bond acceptors (Lipinski definition) is 3. The van der Waals surface area contributed by atoms with Crippen LogP contribution in [0.4, 0.5) is 8.78 Å². The molecule has 0 aliphatic rings. The number of nitrogens with two attached hydrogens (primary N) is 1. The zero-order valence-corrected chi connectivity index (χ0v) is 9.24. The Morgan fingerprint density at radius 2 is 1.93 bits per heavy atom. The standard InChI is InChI=1S/C6H4Cl2F2N2O2S/c7-2-1-12-6(15(11,13)14)3(4(2)8)5(9)10/h1,5H,(H2,11,13,14). The van der Waals surface area contributed by atoms with E-state index < -0.39 is 32.1 Å². The zero-order chi connectivity index (χ0) is 11.8. The van der Waals surface area contributed by atoms with E-state index in [1.54, 1.807) is 0 Å². The number of alkyl halides is 2. The van der Waals surface area contributed by atoms with Gasteiger partial charge in [0.2, 0.25) is 0 Å². The summed E-state index contributed by atoms with van der Waals surface area (Å²) in [4.78, 5) is 3.22. The second-order valence-electron chi connectivity index (χ2n) is 2.48. The van der Waals surface area contributed by atoms with E-state index in [0.717, 1.165) is 6.20 Å². The maximum Gasteiger partial charge on any atom is 0.268 e. The number of halogens is 4. The first-order chi connectivity index (χ1) is 6.75. The van der Waals surface area contributed by atoms with E-state index in [9.17, 15) is 17.2 Å². The van der Waals surface area contributed by atoms with Gasteiger partial charge < -0.3 is 0 Å². The lowest BCUT2D eigenvalue weighted by Gasteiger charge is -2.08. The van der Waals surface area contributed by atoms with E-state index in [2.05, 4.69) is 10.1 Å². The van der Waals surface area contributed by atoms with Crippen molar-refractivity contribution in [3.8, 4) is 0 Å². The minimum atomic E-state index is -4.35. The van der Waals surface area contributed by atoms with Gasteiger partial charge in [-0.2, -0.15) is 0 Å². The van der Waals surface area contributed by atoms with Gasteiger partial charge in [0, 0.05) is 6.20 Å². The Labute approximate surface area is 94.1 Å². The fourth-order valence-corrected chi connectivity index (χ4v) is 2.00. The molecule has 0 amide bonds. The van der Waals surface area contributed by atoms with Crippen LogP contribution in [0.3, 0.4) is 0 Å². The first-order valence-corrected chi connectivity index (χ1v) is 5.70. The lowest BCUT2D eigenvalue weighted by Crippen LogP contribution is -2.17. The summed E-state index contributed by atoms with van der Waals surface area (Å²) in [7, 11) is -4.35. The van der Waals surface area contributed by atoms with Crippen molar-refractivity contribution < 1.29 is 17.2 Å². The summed E-state index contributed by atoms with van der Waals surface area (Å²) in [5, 5.41) is 2.89. The first-order valence-electron chi connectivity index (χ1n) is 3.40. The van der Waals surface area contributed by atoms with Gasteiger partial charge in [-0.05, 0) is 0 Å². The summed E-state index contributed by atoms with van der Waals surface area (Å²) < 4.78 is 46.8. The molecule has 4 nitrogen and oxygen atoms in total. The van der Waals surface area contributed by atoms with Crippen LogP contribution in [0.15, 0.2) is 11.2 Å². The van der Waals surface area contributed by atoms with Crippen molar-refractivity contribution in [1.29, 1.82) is 0 Å². The highest BCUT2D eigenvalue weighted by Gasteiger charge is 2.26. The van der Waals surface area contributed by atoms with Gasteiger partial charge in [-0.1, -0.05) is 23.2 Å². The molecule has 0 bridgehead atoms. The lowest BCUT2D eigenvalue weighted by atomic mass is 10.3. The van der Waals surface area contributed by atoms with Crippen molar-refractivity contribution in [2.45, 2.75) is 11.5 Å². The SMILES string of the molecule is NS(=O)(=O)c1ncc(Cl)c(Cl)c1C(F)F. The van der Waals surface area contributed by atoms with Crippen LogP contribution in [0.2, 0.25) is 10.0 Å². The zero-order valence-electron chi connectivity index (χ0n) is 6.92. The number of hydrogen-bond donors (Lipinski definition) is 1. The van der Waals surface area contributed by atoms with Crippen molar-refractivity contribution >= 4 is 33.2 Å². The number of pyridine rings is 1. The fraction of sp³-hybridized carbons (Fsp3) is 0.167. The molecule has 0 saturated heterocycles. The van der Waals surface area contributed by atoms with Crippen LogP contribution in [-0.2, 0) is 10.0 Å². The van der Waals surface area contributed by atoms with E-state index in [4.69, 9.17) is 23.2 Å². The molecule has 84 valence electrons. The predicted octanol–water partition coefficient (Wildman–Crippen LogP) is 1.97. The first kappa shape index (κ1) is 12.6. The van der Waals surface area contributed by atoms with Crippen LogP contribution in [0.5, 0.6) is 0 Å². The maximum absolute atomic E-state index is 12.5. The molecule has 1 aromatic rings. The largest absolute Gasteiger partial charge is 0.268 e. The van der Waals surface area contributed by atoms with Gasteiger partial charge >= 0.3 is 0 Å². The summed E-state index contributed by atoms with van der Waals surface area (Å²) in [5.41, 5.74) is -0.980. The minimum absolute atomic E-state index is 0.264. The summed E-state index contributed by atoms with van der Waals surface area (Å²) in [6.45, 7) is 0. The predicted molar refractivity (Wildman–Crippen MR) is 50.6 cm³/mol. The van der Waals surface area contributed by atoms with Gasteiger partial charge in [-0.15, -0.1) is 0 Å². The Bertz CT molecular complexity index is 492. The molecule has 0 radical (unpaired) electrons. The fourth-order valence-electron chi connectivity index (χ4n) is 0.880. The third-order valence-corrected chi connectivity index (χ3v) is 3.11. The number of rotatable bonds is 2. The van der Waals surface area contributed by atoms with Crippen molar-refractivity contribution in [2.24, 2.45) is 5.14 Å². The second-order valence-corrected chi connectivity index (χ2v) is 4.75. The summed E-state index contributed by atoms with van der Waals surface area (Å²) in [6.07, 6.45) is -2.28. The van der Waals surface area contributed by atoms with Crippen molar-refractivity contribution in [1.82, 2.24) is 4.98 Å². The highest BCUT2D eigenvalue weighted by atomic mass is 35.5. The number of aromatic nitrogens is 1. The van der Waals surface area contributed by atoms with E-state index in [-0.39, 0.29) is 5.02 Å². The third-order valence-electron chi connectivity index (χ3n) is 1.46. The summed E-state index contributed by atoms with van der Waals surface area (Å²) >= 11 is 10.8. The molecular weight excluding hydrogens is 273 g/mol. The normalized spacial score (nSPS) is 12.1. The molecule has 2 N–H and O–H groups in total. The van der Waals surface area contributed by atoms with E-state index >= 15 is 0 Å². The second kappa shape index (κ2) is 4.17. The minimum Gasteiger partial charge on any atom is -0.241 e. The smallest absolute Gasteiger partial charge is 0.241 e. The van der Waals surface area contributed by atoms with E-state index in [0.29, 0.717) is 0 Å². The quantitative estimate of drug-likeness (QED) is 0.898. The van der Waals surface area contributed by atoms with Crippen molar-refractivity contribution in [2.75, 3.05) is 0 Å². The Kier molecular flexibility index (Phi) is 3.49. The van der Waals surface area contributed by atoms with Gasteiger partial charge in [0.1, 0.15) is 0 Å². The molecule has 0 aromatic carbocycles. The van der Waals surface area contributed by atoms with Crippen LogP contribution in [0.1, 0.15) is 12.0 Å². The lowest BCUT2D eigenvalue weighted by molar-refractivity contribution is 0.147. The Hall–Kier alpha value is -0.500. The van der Waals surface area contributed by atoms with Crippen LogP contribution in [0.25, 0.3) is 0 Å². The van der Waals surface area contributed by atoms with Gasteiger partial charge in [-0.3, -0.25) is 0 Å². The molecule has 0 spiro atoms. The Morgan fingerprint density at radius 3 is 2.33 bits per heavy atom. The molecular formula is C6H4Cl2F2N2O2S. The molecule has 1 rings (SSSR count). The van der Waals surface area contributed by atoms with Crippen LogP contribution in [0, 0.1) is 0 Å². The summed E-state index contributed by atoms with van der Waals surface area (Å²) in [6, 6.07) is 0. The molecule has 0 saturated carbocycles. The molecule has 15 heavy (non-hydrogen) atoms. The average molecular weight is 277 g/mol. The third kappa shape index (κ3) is 2.54. The molecule has 9 heteroatoms. The maximum atomic E-state index is 12.5. The van der Waals surface area contributed by atoms with Crippen molar-refractivity contribution in [3.63, 3.8) is 0 Å². The van der Waals surface area contributed by atoms with E-state index in [1.165, 1.54) is 0 Å². The Balaban J connectivity index is 3.62. The molecule has 0 fully saturated rings. The average Bonchev–Trinajstić information content (AvgIpc) is 2.06. The number of nitrogens with zero attached hydrogens (tertiary/aromatic N) is 1. The molecule has 1 aromatic heterocycles. The monoisotopic (exact) mass is 276 g/mol. The number of primary sulfonamides is 1. The van der Waals surface area contributed by atoms with Crippen LogP contribution >= 0.6 is 23.2 Å². The Morgan fingerprint density at radius 1 is 1.40 bits per heavy atom. The van der Waals surface area contributed by atoms with Crippen LogP contribution in [-0.4, -0.2) is 13.4 Å². The van der Waals surface area contributed by atoms with Crippen molar-refractivity contribution in [3.05, 3.63) is 21.8 Å². The van der Waals surface area contributed by atoms with Gasteiger partial charge in [0.05, 0.1) is 15.6 Å². The van der Waals surface area contributed by atoms with Gasteiger partial charge in [0.15, 0.2) is 5.03 Å². The highest BCUT2D eigenvalue weighted by molar-refractivity contribution is 7.89. The molecule has 0 aliphatic heterocycles. The van der Waals surface area contributed by atoms with E-state index in [1.807, 2.05) is 0 Å².